The fourth-order valence-electron chi connectivity index (χ4n) is 1.64. The van der Waals surface area contributed by atoms with E-state index in [1.807, 2.05) is 0 Å². The Kier molecular flexibility index (Phi) is 5.06. The highest BCUT2D eigenvalue weighted by Crippen LogP contribution is 2.38. The van der Waals surface area contributed by atoms with Gasteiger partial charge in [0.1, 0.15) is 23.3 Å². The third-order valence-electron chi connectivity index (χ3n) is 2.54. The van der Waals surface area contributed by atoms with Gasteiger partial charge in [0, 0.05) is 24.2 Å². The lowest BCUT2D eigenvalue weighted by molar-refractivity contribution is 0.575. The molecule has 0 fully saturated rings. The standard InChI is InChI=1S/C12H4Cl3F2N3O2S/c13-12(14,15)23-20-10(21)6(4-18)5-19(11(20)22)9-2-1-7(16)3-8(9)17/h1-3,5H. The zero-order valence-electron chi connectivity index (χ0n) is 10.8. The van der Waals surface area contributed by atoms with Gasteiger partial charge in [0.05, 0.1) is 5.69 Å². The predicted molar refractivity (Wildman–Crippen MR) is 84.2 cm³/mol. The van der Waals surface area contributed by atoms with E-state index in [4.69, 9.17) is 40.1 Å². The summed E-state index contributed by atoms with van der Waals surface area (Å²) >= 11 is 16.8. The lowest BCUT2D eigenvalue weighted by Gasteiger charge is -2.14. The van der Waals surface area contributed by atoms with Crippen molar-refractivity contribution in [2.45, 2.75) is 3.12 Å². The lowest BCUT2D eigenvalue weighted by Crippen LogP contribution is -2.38. The van der Waals surface area contributed by atoms with E-state index in [-0.39, 0.29) is 17.6 Å². The second kappa shape index (κ2) is 6.53. The summed E-state index contributed by atoms with van der Waals surface area (Å²) in [6.45, 7) is 0. The molecule has 0 saturated carbocycles. The maximum atomic E-state index is 13.9. The molecule has 120 valence electrons. The van der Waals surface area contributed by atoms with E-state index in [1.54, 1.807) is 6.07 Å². The Morgan fingerprint density at radius 1 is 1.22 bits per heavy atom. The Bertz CT molecular complexity index is 931. The van der Waals surface area contributed by atoms with Crippen LogP contribution in [0.15, 0.2) is 34.0 Å². The maximum absolute atomic E-state index is 13.9. The fraction of sp³-hybridized carbons (Fsp3) is 0.0833. The summed E-state index contributed by atoms with van der Waals surface area (Å²) in [7, 11) is 0. The van der Waals surface area contributed by atoms with Crippen molar-refractivity contribution < 1.29 is 8.78 Å². The Hall–Kier alpha value is -1.53. The van der Waals surface area contributed by atoms with Crippen molar-refractivity contribution in [1.82, 2.24) is 8.54 Å². The molecule has 23 heavy (non-hydrogen) atoms. The van der Waals surface area contributed by atoms with Crippen LogP contribution in [-0.4, -0.2) is 11.7 Å². The van der Waals surface area contributed by atoms with Crippen molar-refractivity contribution in [3.05, 3.63) is 62.4 Å². The van der Waals surface area contributed by atoms with Gasteiger partial charge in [-0.3, -0.25) is 9.36 Å². The Labute approximate surface area is 146 Å². The van der Waals surface area contributed by atoms with Gasteiger partial charge in [-0.2, -0.15) is 9.23 Å². The minimum absolute atomic E-state index is 0.221. The normalized spacial score (nSPS) is 11.3. The summed E-state index contributed by atoms with van der Waals surface area (Å²) in [6.07, 6.45) is 0.830. The van der Waals surface area contributed by atoms with Gasteiger partial charge in [0.2, 0.25) is 0 Å². The van der Waals surface area contributed by atoms with Crippen LogP contribution < -0.4 is 11.2 Å². The van der Waals surface area contributed by atoms with Crippen LogP contribution in [0, 0.1) is 23.0 Å². The van der Waals surface area contributed by atoms with Crippen LogP contribution in [0.5, 0.6) is 0 Å². The molecule has 0 N–H and O–H groups in total. The molecule has 0 spiro atoms. The highest BCUT2D eigenvalue weighted by Gasteiger charge is 2.26. The number of benzene rings is 1. The molecule has 1 aromatic heterocycles. The molecule has 0 aliphatic rings. The summed E-state index contributed by atoms with van der Waals surface area (Å²) in [5.41, 5.74) is -2.95. The van der Waals surface area contributed by atoms with Crippen LogP contribution in [0.4, 0.5) is 8.78 Å². The first-order valence-corrected chi connectivity index (χ1v) is 7.55. The van der Waals surface area contributed by atoms with Crippen LogP contribution in [-0.2, 0) is 0 Å². The number of hydrogen-bond donors (Lipinski definition) is 0. The molecular weight excluding hydrogens is 395 g/mol. The molecule has 1 aromatic carbocycles. The summed E-state index contributed by atoms with van der Waals surface area (Å²) in [4.78, 5) is 24.3. The number of nitrogens with zero attached hydrogens (tertiary/aromatic N) is 3. The molecule has 2 aromatic rings. The van der Waals surface area contributed by atoms with Gasteiger partial charge in [-0.25, -0.2) is 13.6 Å². The molecular formula is C12H4Cl3F2N3O2S. The summed E-state index contributed by atoms with van der Waals surface area (Å²) in [6, 6.07) is 3.99. The molecule has 0 bridgehead atoms. The minimum atomic E-state index is -2.07. The van der Waals surface area contributed by atoms with Gasteiger partial charge in [0.25, 0.3) is 8.68 Å². The summed E-state index contributed by atoms with van der Waals surface area (Å²) in [5.74, 6) is -1.93. The van der Waals surface area contributed by atoms with Gasteiger partial charge < -0.3 is 0 Å². The van der Waals surface area contributed by atoms with Gasteiger partial charge in [-0.1, -0.05) is 34.8 Å². The molecule has 0 atom stereocenters. The van der Waals surface area contributed by atoms with Gasteiger partial charge in [-0.05, 0) is 12.1 Å². The minimum Gasteiger partial charge on any atom is -0.267 e. The smallest absolute Gasteiger partial charge is 0.267 e. The number of aromatic nitrogens is 2. The molecule has 0 aliphatic carbocycles. The zero-order valence-corrected chi connectivity index (χ0v) is 13.8. The van der Waals surface area contributed by atoms with Crippen LogP contribution >= 0.6 is 46.8 Å². The highest BCUT2D eigenvalue weighted by molar-refractivity contribution is 8.03. The number of hydrogen-bond acceptors (Lipinski definition) is 4. The molecule has 0 radical (unpaired) electrons. The van der Waals surface area contributed by atoms with Crippen molar-refractivity contribution in [2.24, 2.45) is 0 Å². The lowest BCUT2D eigenvalue weighted by atomic mass is 10.3. The highest BCUT2D eigenvalue weighted by atomic mass is 35.6. The number of nitriles is 1. The fourth-order valence-corrected chi connectivity index (χ4v) is 2.82. The molecule has 0 unspecified atom stereocenters. The first-order valence-electron chi connectivity index (χ1n) is 5.64. The van der Waals surface area contributed by atoms with Gasteiger partial charge >= 0.3 is 5.69 Å². The van der Waals surface area contributed by atoms with E-state index < -0.39 is 31.6 Å². The van der Waals surface area contributed by atoms with Gasteiger partial charge in [-0.15, -0.1) is 0 Å². The van der Waals surface area contributed by atoms with Gasteiger partial charge in [0.15, 0.2) is 0 Å². The number of halogens is 5. The van der Waals surface area contributed by atoms with Crippen molar-refractivity contribution in [1.29, 1.82) is 5.26 Å². The van der Waals surface area contributed by atoms with Crippen LogP contribution in [0.1, 0.15) is 5.56 Å². The van der Waals surface area contributed by atoms with Crippen LogP contribution in [0.2, 0.25) is 0 Å². The molecule has 11 heteroatoms. The molecule has 1 heterocycles. The zero-order chi connectivity index (χ0) is 17.4. The SMILES string of the molecule is N#Cc1cn(-c2ccc(F)cc2F)c(=O)n(SC(Cl)(Cl)Cl)c1=O. The number of alkyl halides is 3. The number of rotatable bonds is 2. The topological polar surface area (TPSA) is 67.8 Å². The maximum Gasteiger partial charge on any atom is 0.346 e. The largest absolute Gasteiger partial charge is 0.346 e. The van der Waals surface area contributed by atoms with E-state index in [1.165, 1.54) is 0 Å². The molecule has 0 saturated heterocycles. The molecule has 0 aliphatic heterocycles. The van der Waals surface area contributed by atoms with Crippen molar-refractivity contribution in [3.8, 4) is 11.8 Å². The van der Waals surface area contributed by atoms with E-state index in [2.05, 4.69) is 0 Å². The first-order chi connectivity index (χ1) is 10.6. The average molecular weight is 399 g/mol. The molecule has 5 nitrogen and oxygen atoms in total. The summed E-state index contributed by atoms with van der Waals surface area (Å²) in [5, 5.41) is 8.98. The first kappa shape index (κ1) is 17.8. The Morgan fingerprint density at radius 3 is 2.39 bits per heavy atom. The third kappa shape index (κ3) is 3.87. The Morgan fingerprint density at radius 2 is 1.87 bits per heavy atom. The summed E-state index contributed by atoms with van der Waals surface area (Å²) < 4.78 is 25.8. The van der Waals surface area contributed by atoms with Crippen LogP contribution in [0.3, 0.4) is 0 Å². The Balaban J connectivity index is 2.80. The van der Waals surface area contributed by atoms with E-state index >= 15 is 0 Å². The van der Waals surface area contributed by atoms with Crippen molar-refractivity contribution >= 4 is 46.8 Å². The predicted octanol–water partition coefficient (Wildman–Crippen LogP) is 2.97. The van der Waals surface area contributed by atoms with E-state index in [9.17, 15) is 18.4 Å². The van der Waals surface area contributed by atoms with Crippen molar-refractivity contribution in [2.75, 3.05) is 0 Å². The van der Waals surface area contributed by atoms with E-state index in [0.717, 1.165) is 18.3 Å². The van der Waals surface area contributed by atoms with Crippen molar-refractivity contribution in [3.63, 3.8) is 0 Å². The quantitative estimate of drug-likeness (QED) is 0.730. The van der Waals surface area contributed by atoms with Crippen LogP contribution in [0.25, 0.3) is 5.69 Å². The molecule has 0 amide bonds. The van der Waals surface area contributed by atoms with E-state index in [0.29, 0.717) is 14.6 Å². The second-order valence-electron chi connectivity index (χ2n) is 4.04. The average Bonchev–Trinajstić information content (AvgIpc) is 2.44. The monoisotopic (exact) mass is 397 g/mol. The second-order valence-corrected chi connectivity index (χ2v) is 8.15. The molecule has 2 rings (SSSR count). The third-order valence-corrected chi connectivity index (χ3v) is 3.87.